The minimum atomic E-state index is -5.24. The standard InChI is InChI=1S/C33H27ClF3N7O6S/c1-19(2)18-25-20-8-7-10-22-27(20)32(34,15-17-42(25)30(46)33(35,36)37)28(40-22)31(14-16-39-41-38)21-9-3-4-11-23(21)43(29(31)45)51(49,50)26-13-6-5-12-24(26)44(47)48/h3-13,18,25H,14-17H2,1-2H3/t25-,31+,32-/m0/s1. The van der Waals surface area contributed by atoms with Crippen LogP contribution in [0.5, 0.6) is 0 Å². The van der Waals surface area contributed by atoms with Gasteiger partial charge in [-0.05, 0) is 61.5 Å². The summed E-state index contributed by atoms with van der Waals surface area (Å²) in [7, 11) is -5.02. The molecule has 3 aliphatic rings. The molecule has 3 aromatic rings. The van der Waals surface area contributed by atoms with Crippen molar-refractivity contribution in [1.29, 1.82) is 0 Å². The molecule has 51 heavy (non-hydrogen) atoms. The number of hydrogen-bond acceptors (Lipinski definition) is 8. The van der Waals surface area contributed by atoms with Crippen LogP contribution in [-0.2, 0) is 29.9 Å². The van der Waals surface area contributed by atoms with Crippen LogP contribution in [0.1, 0.15) is 49.4 Å². The number of aliphatic imine (C=N–C) groups is 1. The number of alkyl halides is 4. The van der Waals surface area contributed by atoms with Crippen molar-refractivity contribution in [2.45, 2.75) is 54.1 Å². The highest BCUT2D eigenvalue weighted by Crippen LogP contribution is 2.59. The molecule has 0 saturated heterocycles. The smallest absolute Gasteiger partial charge is 0.324 e. The fraction of sp³-hybridized carbons (Fsp3) is 0.303. The Bertz CT molecular complexity index is 2240. The molecule has 0 saturated carbocycles. The van der Waals surface area contributed by atoms with Crippen LogP contribution < -0.4 is 4.31 Å². The molecule has 3 heterocycles. The molecular formula is C33H27ClF3N7O6S. The Morgan fingerprint density at radius 2 is 1.84 bits per heavy atom. The third kappa shape index (κ3) is 5.43. The lowest BCUT2D eigenvalue weighted by Crippen LogP contribution is -2.53. The number of fused-ring (bicyclic) bond motifs is 1. The van der Waals surface area contributed by atoms with Crippen LogP contribution in [0.3, 0.4) is 0 Å². The Balaban J connectivity index is 1.62. The van der Waals surface area contributed by atoms with Gasteiger partial charge in [0.2, 0.25) is 0 Å². The van der Waals surface area contributed by atoms with Crippen LogP contribution in [0.4, 0.5) is 30.2 Å². The summed E-state index contributed by atoms with van der Waals surface area (Å²) >= 11 is 7.58. The maximum Gasteiger partial charge on any atom is 0.471 e. The lowest BCUT2D eigenvalue weighted by molar-refractivity contribution is -0.387. The van der Waals surface area contributed by atoms with Crippen molar-refractivity contribution in [3.63, 3.8) is 0 Å². The molecule has 6 rings (SSSR count). The van der Waals surface area contributed by atoms with Gasteiger partial charge in [0.25, 0.3) is 21.6 Å². The minimum absolute atomic E-state index is 0.0618. The van der Waals surface area contributed by atoms with E-state index in [1.807, 2.05) is 0 Å². The number of sulfonamides is 1. The summed E-state index contributed by atoms with van der Waals surface area (Å²) in [4.78, 5) is 44.6. The Labute approximate surface area is 293 Å². The highest BCUT2D eigenvalue weighted by Gasteiger charge is 2.64. The summed E-state index contributed by atoms with van der Waals surface area (Å²) in [5, 5.41) is 15.5. The van der Waals surface area contributed by atoms with E-state index in [-0.39, 0.29) is 46.7 Å². The van der Waals surface area contributed by atoms with Crippen LogP contribution in [0.25, 0.3) is 10.4 Å². The summed E-state index contributed by atoms with van der Waals surface area (Å²) in [6, 6.07) is 13.6. The second kappa shape index (κ2) is 12.5. The zero-order valence-corrected chi connectivity index (χ0v) is 28.4. The van der Waals surface area contributed by atoms with E-state index in [4.69, 9.17) is 16.6 Å². The number of nitro benzene ring substituents is 1. The van der Waals surface area contributed by atoms with Gasteiger partial charge in [-0.2, -0.15) is 13.2 Å². The van der Waals surface area contributed by atoms with Gasteiger partial charge in [0.1, 0.15) is 10.3 Å². The summed E-state index contributed by atoms with van der Waals surface area (Å²) < 4.78 is 71.3. The van der Waals surface area contributed by atoms with Gasteiger partial charge in [-0.25, -0.2) is 12.7 Å². The first-order valence-electron chi connectivity index (χ1n) is 15.4. The van der Waals surface area contributed by atoms with Gasteiger partial charge in [0.05, 0.1) is 28.1 Å². The summed E-state index contributed by atoms with van der Waals surface area (Å²) in [6.07, 6.45) is -4.52. The van der Waals surface area contributed by atoms with Crippen LogP contribution >= 0.6 is 11.6 Å². The number of allylic oxidation sites excluding steroid dienone is 1. The maximum absolute atomic E-state index is 15.1. The topological polar surface area (TPSA) is 179 Å². The first-order chi connectivity index (χ1) is 24.0. The van der Waals surface area contributed by atoms with Gasteiger partial charge in [-0.15, -0.1) is 11.6 Å². The molecule has 0 radical (unpaired) electrons. The molecule has 3 aromatic carbocycles. The van der Waals surface area contributed by atoms with E-state index in [1.165, 1.54) is 60.7 Å². The van der Waals surface area contributed by atoms with E-state index in [1.54, 1.807) is 13.8 Å². The first-order valence-corrected chi connectivity index (χ1v) is 17.2. The number of rotatable bonds is 8. The van der Waals surface area contributed by atoms with Crippen molar-refractivity contribution in [1.82, 2.24) is 4.90 Å². The Morgan fingerprint density at radius 3 is 2.51 bits per heavy atom. The zero-order valence-electron chi connectivity index (χ0n) is 26.8. The third-order valence-corrected chi connectivity index (χ3v) is 11.5. The Kier molecular flexibility index (Phi) is 8.72. The monoisotopic (exact) mass is 741 g/mol. The number of anilines is 1. The number of carbonyl (C=O) groups is 2. The van der Waals surface area contributed by atoms with Gasteiger partial charge in [-0.1, -0.05) is 59.2 Å². The van der Waals surface area contributed by atoms with Gasteiger partial charge < -0.3 is 4.90 Å². The fourth-order valence-electron chi connectivity index (χ4n) is 7.23. The van der Waals surface area contributed by atoms with Crippen molar-refractivity contribution >= 4 is 56.2 Å². The fourth-order valence-corrected chi connectivity index (χ4v) is 9.37. The second-order valence-electron chi connectivity index (χ2n) is 12.4. The highest BCUT2D eigenvalue weighted by atomic mass is 35.5. The number of halogens is 4. The summed E-state index contributed by atoms with van der Waals surface area (Å²) in [6.45, 7) is 2.38. The number of para-hydroxylation sites is 2. The normalized spacial score (nSPS) is 22.4. The molecule has 0 aromatic heterocycles. The molecule has 0 fully saturated rings. The van der Waals surface area contributed by atoms with Crippen LogP contribution in [0.15, 0.2) is 93.4 Å². The number of nitrogens with zero attached hydrogens (tertiary/aromatic N) is 7. The first kappa shape index (κ1) is 35.6. The van der Waals surface area contributed by atoms with E-state index in [0.29, 0.717) is 14.8 Å². The molecule has 18 heteroatoms. The van der Waals surface area contributed by atoms with Crippen LogP contribution in [-0.4, -0.2) is 55.0 Å². The SMILES string of the molecule is CC(C)=C[C@H]1c2cccc3c2[C@@](Cl)(CCN1C(=O)C(F)(F)F)C([C@]1(CCN=[N+]=[N-])C(=O)N(S(=O)(=O)c2ccccc2[N+](=O)[O-])c2ccccc21)=N3. The van der Waals surface area contributed by atoms with Crippen molar-refractivity contribution in [3.8, 4) is 0 Å². The van der Waals surface area contributed by atoms with Crippen molar-refractivity contribution in [2.24, 2.45) is 10.1 Å². The predicted molar refractivity (Wildman–Crippen MR) is 180 cm³/mol. The van der Waals surface area contributed by atoms with Crippen LogP contribution in [0.2, 0.25) is 0 Å². The van der Waals surface area contributed by atoms with E-state index in [2.05, 4.69) is 10.0 Å². The second-order valence-corrected chi connectivity index (χ2v) is 14.8. The van der Waals surface area contributed by atoms with E-state index < -0.39 is 72.8 Å². The lowest BCUT2D eigenvalue weighted by atomic mass is 9.68. The molecule has 0 bridgehead atoms. The van der Waals surface area contributed by atoms with E-state index in [0.717, 1.165) is 12.1 Å². The number of amides is 2. The molecule has 13 nitrogen and oxygen atoms in total. The number of benzene rings is 3. The molecular weight excluding hydrogens is 715 g/mol. The zero-order chi connectivity index (χ0) is 37.1. The molecule has 0 unspecified atom stereocenters. The molecule has 0 spiro atoms. The van der Waals surface area contributed by atoms with Crippen molar-refractivity contribution < 1.29 is 36.1 Å². The average Bonchev–Trinajstić information content (AvgIpc) is 3.47. The predicted octanol–water partition coefficient (Wildman–Crippen LogP) is 7.29. The number of nitro groups is 1. The third-order valence-electron chi connectivity index (χ3n) is 9.19. The summed E-state index contributed by atoms with van der Waals surface area (Å²) in [5.74, 6) is -3.25. The molecule has 3 aliphatic heterocycles. The highest BCUT2D eigenvalue weighted by molar-refractivity contribution is 7.93. The summed E-state index contributed by atoms with van der Waals surface area (Å²) in [5.41, 5.74) is 7.25. The van der Waals surface area contributed by atoms with Crippen LogP contribution in [0, 0.1) is 10.1 Å². The van der Waals surface area contributed by atoms with Crippen molar-refractivity contribution in [3.05, 3.63) is 116 Å². The molecule has 0 N–H and O–H groups in total. The van der Waals surface area contributed by atoms with Gasteiger partial charge >= 0.3 is 12.1 Å². The minimum Gasteiger partial charge on any atom is -0.324 e. The van der Waals surface area contributed by atoms with Gasteiger partial charge in [-0.3, -0.25) is 24.7 Å². The molecule has 0 aliphatic carbocycles. The largest absolute Gasteiger partial charge is 0.471 e. The molecule has 264 valence electrons. The number of azide groups is 1. The lowest BCUT2D eigenvalue weighted by Gasteiger charge is -2.36. The van der Waals surface area contributed by atoms with Gasteiger partial charge in [0.15, 0.2) is 4.90 Å². The quantitative estimate of drug-likeness (QED) is 0.0445. The number of carbonyl (C=O) groups excluding carboxylic acids is 2. The van der Waals surface area contributed by atoms with E-state index in [9.17, 15) is 42.0 Å². The van der Waals surface area contributed by atoms with Gasteiger partial charge in [0, 0.05) is 29.6 Å². The Morgan fingerprint density at radius 1 is 1.16 bits per heavy atom. The molecule has 3 atom stereocenters. The van der Waals surface area contributed by atoms with Crippen molar-refractivity contribution in [2.75, 3.05) is 17.4 Å². The average molecular weight is 742 g/mol. The van der Waals surface area contributed by atoms with E-state index >= 15 is 4.79 Å². The maximum atomic E-state index is 15.1. The Hall–Kier alpha value is -5.25. The molecule has 2 amide bonds. The number of hydrogen-bond donors (Lipinski definition) is 0.